The lowest BCUT2D eigenvalue weighted by Crippen LogP contribution is -2.33. The molecule has 0 aromatic heterocycles. The van der Waals surface area contributed by atoms with Crippen LogP contribution in [0.3, 0.4) is 0 Å². The summed E-state index contributed by atoms with van der Waals surface area (Å²) in [5, 5.41) is 4.18. The van der Waals surface area contributed by atoms with E-state index in [0.717, 1.165) is 18.4 Å². The Labute approximate surface area is 172 Å². The molecule has 1 aromatic rings. The van der Waals surface area contributed by atoms with E-state index in [-0.39, 0.29) is 18.5 Å². The summed E-state index contributed by atoms with van der Waals surface area (Å²) in [7, 11) is 0. The van der Waals surface area contributed by atoms with Gasteiger partial charge in [0, 0.05) is 19.5 Å². The number of amides is 1. The smallest absolute Gasteiger partial charge is 0.338 e. The summed E-state index contributed by atoms with van der Waals surface area (Å²) in [6, 6.07) is 7.33. The number of esters is 1. The molecule has 6 nitrogen and oxygen atoms in total. The van der Waals surface area contributed by atoms with Crippen LogP contribution in [0.5, 0.6) is 0 Å². The van der Waals surface area contributed by atoms with Crippen LogP contribution in [-0.4, -0.2) is 48.8 Å². The van der Waals surface area contributed by atoms with E-state index in [1.807, 2.05) is 50.3 Å². The minimum absolute atomic E-state index is 0.0988. The number of oxime groups is 1. The molecule has 29 heavy (non-hydrogen) atoms. The van der Waals surface area contributed by atoms with E-state index in [2.05, 4.69) is 11.2 Å². The first-order chi connectivity index (χ1) is 14.2. The van der Waals surface area contributed by atoms with Crippen molar-refractivity contribution in [2.45, 2.75) is 39.5 Å². The molecule has 1 amide bonds. The molecule has 0 saturated heterocycles. The van der Waals surface area contributed by atoms with Crippen LogP contribution in [0.4, 0.5) is 0 Å². The van der Waals surface area contributed by atoms with E-state index in [9.17, 15) is 9.59 Å². The molecule has 0 atom stereocenters. The lowest BCUT2D eigenvalue weighted by Gasteiger charge is -2.17. The summed E-state index contributed by atoms with van der Waals surface area (Å²) in [4.78, 5) is 31.6. The fourth-order valence-corrected chi connectivity index (χ4v) is 2.97. The van der Waals surface area contributed by atoms with Gasteiger partial charge in [-0.3, -0.25) is 4.79 Å². The average Bonchev–Trinajstić information content (AvgIpc) is 2.73. The molecule has 1 aromatic carbocycles. The van der Waals surface area contributed by atoms with Gasteiger partial charge in [-0.25, -0.2) is 4.79 Å². The van der Waals surface area contributed by atoms with Gasteiger partial charge in [0.1, 0.15) is 0 Å². The van der Waals surface area contributed by atoms with Gasteiger partial charge in [-0.15, -0.1) is 0 Å². The minimum atomic E-state index is -0.341. The zero-order valence-corrected chi connectivity index (χ0v) is 17.3. The van der Waals surface area contributed by atoms with Gasteiger partial charge in [0.15, 0.2) is 6.61 Å². The van der Waals surface area contributed by atoms with Crippen LogP contribution in [0.1, 0.15) is 49.0 Å². The average molecular weight is 399 g/mol. The van der Waals surface area contributed by atoms with Gasteiger partial charge < -0.3 is 14.5 Å². The molecule has 0 bridgehead atoms. The van der Waals surface area contributed by atoms with Crippen molar-refractivity contribution in [2.75, 3.05) is 26.3 Å². The van der Waals surface area contributed by atoms with Crippen LogP contribution >= 0.6 is 0 Å². The third-order valence-corrected chi connectivity index (χ3v) is 4.59. The first-order valence-electron chi connectivity index (χ1n) is 10.2. The third kappa shape index (κ3) is 7.56. The zero-order valence-electron chi connectivity index (χ0n) is 17.3. The normalized spacial score (nSPS) is 18.8. The van der Waals surface area contributed by atoms with E-state index < -0.39 is 0 Å². The predicted molar refractivity (Wildman–Crippen MR) is 114 cm³/mol. The van der Waals surface area contributed by atoms with Gasteiger partial charge in [-0.2, -0.15) is 0 Å². The van der Waals surface area contributed by atoms with Crippen molar-refractivity contribution < 1.29 is 19.2 Å². The van der Waals surface area contributed by atoms with Crippen molar-refractivity contribution in [2.24, 2.45) is 5.16 Å². The van der Waals surface area contributed by atoms with Crippen molar-refractivity contribution in [1.82, 2.24) is 4.90 Å². The van der Waals surface area contributed by atoms with E-state index in [0.29, 0.717) is 43.8 Å². The van der Waals surface area contributed by atoms with E-state index in [1.54, 1.807) is 11.0 Å². The summed E-state index contributed by atoms with van der Waals surface area (Å²) in [6.45, 7) is 5.38. The van der Waals surface area contributed by atoms with Crippen molar-refractivity contribution >= 4 is 17.6 Å². The van der Waals surface area contributed by atoms with E-state index >= 15 is 0 Å². The summed E-state index contributed by atoms with van der Waals surface area (Å²) in [5.74, 6) is -0.439. The van der Waals surface area contributed by atoms with Crippen molar-refractivity contribution in [3.05, 3.63) is 59.7 Å². The number of hydrogen-bond acceptors (Lipinski definition) is 5. The topological polar surface area (TPSA) is 68.2 Å². The summed E-state index contributed by atoms with van der Waals surface area (Å²) < 4.78 is 5.38. The number of cyclic esters (lactones) is 1. The van der Waals surface area contributed by atoms with Crippen molar-refractivity contribution in [3.8, 4) is 0 Å². The molecule has 0 fully saturated rings. The Morgan fingerprint density at radius 3 is 2.62 bits per heavy atom. The second-order valence-electron chi connectivity index (χ2n) is 6.63. The van der Waals surface area contributed by atoms with Crippen LogP contribution < -0.4 is 0 Å². The Morgan fingerprint density at radius 1 is 1.10 bits per heavy atom. The van der Waals surface area contributed by atoms with Crippen molar-refractivity contribution in [3.63, 3.8) is 0 Å². The Hall–Kier alpha value is -2.89. The van der Waals surface area contributed by atoms with Gasteiger partial charge in [-0.05, 0) is 50.8 Å². The summed E-state index contributed by atoms with van der Waals surface area (Å²) in [6.07, 6.45) is 10.9. The number of ether oxygens (including phenoxy) is 1. The molecule has 1 aliphatic rings. The number of hydrogen-bond donors (Lipinski definition) is 0. The molecule has 0 unspecified atom stereocenters. The van der Waals surface area contributed by atoms with Crippen molar-refractivity contribution in [1.29, 1.82) is 0 Å². The summed E-state index contributed by atoms with van der Waals surface area (Å²) >= 11 is 0. The van der Waals surface area contributed by atoms with Crippen LogP contribution in [0.15, 0.2) is 53.7 Å². The van der Waals surface area contributed by atoms with E-state index in [1.165, 1.54) is 0 Å². The molecule has 156 valence electrons. The largest absolute Gasteiger partial charge is 0.462 e. The molecule has 0 aliphatic carbocycles. The number of benzene rings is 1. The molecule has 6 heteroatoms. The maximum Gasteiger partial charge on any atom is 0.338 e. The van der Waals surface area contributed by atoms with Crippen LogP contribution in [0.2, 0.25) is 0 Å². The molecule has 0 radical (unpaired) electrons. The van der Waals surface area contributed by atoms with Crippen LogP contribution in [0, 0.1) is 0 Å². The lowest BCUT2D eigenvalue weighted by molar-refractivity contribution is -0.135. The second kappa shape index (κ2) is 12.5. The molecular formula is C23H30N2O4. The third-order valence-electron chi connectivity index (χ3n) is 4.59. The van der Waals surface area contributed by atoms with Gasteiger partial charge in [0.25, 0.3) is 5.91 Å². The molecule has 0 saturated carbocycles. The number of allylic oxidation sites excluding steroid dienone is 3. The van der Waals surface area contributed by atoms with Crippen LogP contribution in [-0.2, 0) is 20.8 Å². The van der Waals surface area contributed by atoms with Gasteiger partial charge in [-0.1, -0.05) is 41.6 Å². The van der Waals surface area contributed by atoms with E-state index in [4.69, 9.17) is 9.57 Å². The van der Waals surface area contributed by atoms with Gasteiger partial charge in [0.05, 0.1) is 17.9 Å². The number of carbonyl (C=O) groups is 2. The number of carbonyl (C=O) groups excluding carboxylic acids is 2. The number of rotatable bonds is 5. The molecular weight excluding hydrogens is 368 g/mol. The highest BCUT2D eigenvalue weighted by Crippen LogP contribution is 2.13. The first-order valence-corrected chi connectivity index (χ1v) is 10.2. The summed E-state index contributed by atoms with van der Waals surface area (Å²) in [5.41, 5.74) is 1.99. The number of fused-ring (bicyclic) bond motifs is 1. The Balaban J connectivity index is 2.19. The Bertz CT molecular complexity index is 764. The lowest BCUT2D eigenvalue weighted by atomic mass is 10.0. The highest BCUT2D eigenvalue weighted by molar-refractivity contribution is 5.99. The number of nitrogens with zero attached hydrogens (tertiary/aromatic N) is 2. The fraction of sp³-hybridized carbons (Fsp3) is 0.435. The zero-order chi connectivity index (χ0) is 20.9. The molecule has 0 spiro atoms. The van der Waals surface area contributed by atoms with Gasteiger partial charge >= 0.3 is 5.97 Å². The monoisotopic (exact) mass is 398 g/mol. The van der Waals surface area contributed by atoms with Crippen LogP contribution in [0.25, 0.3) is 0 Å². The predicted octanol–water partition coefficient (Wildman–Crippen LogP) is 3.92. The fourth-order valence-electron chi connectivity index (χ4n) is 2.97. The minimum Gasteiger partial charge on any atom is -0.462 e. The highest BCUT2D eigenvalue weighted by Gasteiger charge is 2.14. The Morgan fingerprint density at radius 2 is 1.83 bits per heavy atom. The maximum atomic E-state index is 12.4. The molecule has 1 aliphatic heterocycles. The molecule has 2 rings (SSSR count). The number of likely N-dealkylation sites (N-methyl/N-ethyl adjacent to an activating group) is 1. The second-order valence-corrected chi connectivity index (χ2v) is 6.63. The highest BCUT2D eigenvalue weighted by atomic mass is 16.6. The SMILES string of the molecule is CCN(CC)C(=O)CO/N=C1/C=C/CC/C=C/CCOC(=O)c2ccccc2C1. The molecule has 1 heterocycles. The Kier molecular flexibility index (Phi) is 9.69. The van der Waals surface area contributed by atoms with Gasteiger partial charge in [0.2, 0.25) is 0 Å². The first kappa shape index (κ1) is 22.4. The standard InChI is InChI=1S/C23H30N2O4/c1-3-25(4-2)22(26)18-29-24-20-14-9-7-5-6-8-12-16-28-23(27)21-15-11-10-13-19(21)17-20/h6,8-11,13-15H,3-5,7,12,16-18H2,1-2H3/b8-6+,14-9+,24-20-. The quantitative estimate of drug-likeness (QED) is 0.428. The molecule has 0 N–H and O–H groups in total. The maximum absolute atomic E-state index is 12.4.